The van der Waals surface area contributed by atoms with Gasteiger partial charge in [-0.25, -0.2) is 0 Å². The Morgan fingerprint density at radius 1 is 1.44 bits per heavy atom. The van der Waals surface area contributed by atoms with E-state index in [1.54, 1.807) is 0 Å². The van der Waals surface area contributed by atoms with E-state index < -0.39 is 0 Å². The largest absolute Gasteiger partial charge is 0.316 e. The molecular formula is C15H22N2O. The highest BCUT2D eigenvalue weighted by Crippen LogP contribution is 2.28. The van der Waals surface area contributed by atoms with Crippen LogP contribution in [0.3, 0.4) is 0 Å². The lowest BCUT2D eigenvalue weighted by molar-refractivity contribution is -0.118. The molecule has 3 nitrogen and oxygen atoms in total. The smallest absolute Gasteiger partial charge is 0.228 e. The normalized spacial score (nSPS) is 14.4. The van der Waals surface area contributed by atoms with Crippen molar-refractivity contribution in [1.82, 2.24) is 5.32 Å². The number of hydrogen-bond acceptors (Lipinski definition) is 2. The van der Waals surface area contributed by atoms with Crippen molar-refractivity contribution in [2.24, 2.45) is 0 Å². The lowest BCUT2D eigenvalue weighted by Gasteiger charge is -2.30. The van der Waals surface area contributed by atoms with Crippen molar-refractivity contribution >= 4 is 11.6 Å². The molecule has 3 heteroatoms. The number of rotatable bonds is 4. The first kappa shape index (κ1) is 13.1. The van der Waals surface area contributed by atoms with Gasteiger partial charge in [-0.3, -0.25) is 4.79 Å². The summed E-state index contributed by atoms with van der Waals surface area (Å²) in [6.45, 7) is 6.72. The Kier molecular flexibility index (Phi) is 4.37. The quantitative estimate of drug-likeness (QED) is 0.827. The summed E-state index contributed by atoms with van der Waals surface area (Å²) in [7, 11) is 0. The number of amides is 1. The van der Waals surface area contributed by atoms with Crippen LogP contribution in [0.5, 0.6) is 0 Å². The Bertz CT molecular complexity index is 429. The minimum Gasteiger partial charge on any atom is -0.316 e. The molecule has 0 bridgehead atoms. The molecule has 0 atom stereocenters. The highest BCUT2D eigenvalue weighted by atomic mass is 16.2. The van der Waals surface area contributed by atoms with E-state index in [0.717, 1.165) is 38.2 Å². The molecule has 98 valence electrons. The number of benzene rings is 1. The zero-order valence-electron chi connectivity index (χ0n) is 11.3. The van der Waals surface area contributed by atoms with Crippen molar-refractivity contribution in [3.05, 3.63) is 29.3 Å². The van der Waals surface area contributed by atoms with E-state index in [1.165, 1.54) is 11.1 Å². The van der Waals surface area contributed by atoms with Gasteiger partial charge in [-0.05, 0) is 37.9 Å². The van der Waals surface area contributed by atoms with Crippen molar-refractivity contribution in [3.63, 3.8) is 0 Å². The number of fused-ring (bicyclic) bond motifs is 1. The zero-order valence-corrected chi connectivity index (χ0v) is 11.3. The molecule has 0 aliphatic carbocycles. The van der Waals surface area contributed by atoms with Crippen LogP contribution in [0.2, 0.25) is 0 Å². The van der Waals surface area contributed by atoms with Gasteiger partial charge in [0.1, 0.15) is 0 Å². The summed E-state index contributed by atoms with van der Waals surface area (Å²) in [4.78, 5) is 14.2. The topological polar surface area (TPSA) is 32.3 Å². The average molecular weight is 246 g/mol. The summed E-state index contributed by atoms with van der Waals surface area (Å²) in [5.41, 5.74) is 3.71. The zero-order chi connectivity index (χ0) is 13.0. The molecule has 0 spiro atoms. The number of aryl methyl sites for hydroxylation is 2. The third-order valence-corrected chi connectivity index (χ3v) is 3.42. The maximum Gasteiger partial charge on any atom is 0.228 e. The number of carbonyl (C=O) groups excluding carboxylic acids is 1. The maximum absolute atomic E-state index is 12.2. The predicted octanol–water partition coefficient (Wildman–Crippen LogP) is 2.27. The lowest BCUT2D eigenvalue weighted by Crippen LogP contribution is -2.37. The second-order valence-electron chi connectivity index (χ2n) is 4.88. The van der Waals surface area contributed by atoms with E-state index in [9.17, 15) is 4.79 Å². The minimum atomic E-state index is 0.237. The molecule has 1 aromatic carbocycles. The highest BCUT2D eigenvalue weighted by molar-refractivity contribution is 5.94. The molecule has 0 radical (unpaired) electrons. The molecule has 0 unspecified atom stereocenters. The third kappa shape index (κ3) is 2.91. The van der Waals surface area contributed by atoms with Crippen molar-refractivity contribution in [2.45, 2.75) is 33.1 Å². The summed E-state index contributed by atoms with van der Waals surface area (Å²) in [6, 6.07) is 6.39. The van der Waals surface area contributed by atoms with Crippen LogP contribution >= 0.6 is 0 Å². The molecule has 0 fully saturated rings. The van der Waals surface area contributed by atoms with Gasteiger partial charge >= 0.3 is 0 Å². The van der Waals surface area contributed by atoms with Gasteiger partial charge < -0.3 is 10.2 Å². The summed E-state index contributed by atoms with van der Waals surface area (Å²) >= 11 is 0. The van der Waals surface area contributed by atoms with E-state index in [2.05, 4.69) is 37.4 Å². The summed E-state index contributed by atoms with van der Waals surface area (Å²) in [5, 5.41) is 3.20. The molecule has 1 aromatic rings. The first-order valence-corrected chi connectivity index (χ1v) is 6.83. The van der Waals surface area contributed by atoms with Crippen LogP contribution in [-0.4, -0.2) is 25.5 Å². The van der Waals surface area contributed by atoms with Gasteiger partial charge in [0.15, 0.2) is 0 Å². The molecule has 18 heavy (non-hydrogen) atoms. The van der Waals surface area contributed by atoms with Crippen molar-refractivity contribution in [2.75, 3.05) is 24.5 Å². The number of nitrogens with zero attached hydrogens (tertiary/aromatic N) is 1. The molecule has 1 heterocycles. The maximum atomic E-state index is 12.2. The molecule has 1 amide bonds. The molecule has 2 rings (SSSR count). The van der Waals surface area contributed by atoms with Crippen LogP contribution in [0.15, 0.2) is 18.2 Å². The summed E-state index contributed by atoms with van der Waals surface area (Å²) in [6.07, 6.45) is 2.75. The van der Waals surface area contributed by atoms with E-state index in [4.69, 9.17) is 0 Å². The van der Waals surface area contributed by atoms with Gasteiger partial charge in [-0.2, -0.15) is 0 Å². The molecule has 0 saturated carbocycles. The SMILES string of the molecule is CCNCCC(=O)N1CCCc2cc(C)ccc21. The second-order valence-corrected chi connectivity index (χ2v) is 4.88. The van der Waals surface area contributed by atoms with Gasteiger partial charge in [0.2, 0.25) is 5.91 Å². The van der Waals surface area contributed by atoms with Crippen LogP contribution in [0.4, 0.5) is 5.69 Å². The van der Waals surface area contributed by atoms with Crippen LogP contribution in [0, 0.1) is 6.92 Å². The Morgan fingerprint density at radius 2 is 2.28 bits per heavy atom. The number of anilines is 1. The molecule has 1 aliphatic heterocycles. The fourth-order valence-electron chi connectivity index (χ4n) is 2.49. The first-order valence-electron chi connectivity index (χ1n) is 6.83. The number of nitrogens with one attached hydrogen (secondary N) is 1. The van der Waals surface area contributed by atoms with Crippen LogP contribution in [0.1, 0.15) is 30.9 Å². The Labute approximate surface area is 109 Å². The molecular weight excluding hydrogens is 224 g/mol. The summed E-state index contributed by atoms with van der Waals surface area (Å²) in [5.74, 6) is 0.237. The van der Waals surface area contributed by atoms with Crippen molar-refractivity contribution < 1.29 is 4.79 Å². The van der Waals surface area contributed by atoms with Gasteiger partial charge in [0.05, 0.1) is 0 Å². The third-order valence-electron chi connectivity index (χ3n) is 3.42. The summed E-state index contributed by atoms with van der Waals surface area (Å²) < 4.78 is 0. The molecule has 0 aromatic heterocycles. The fraction of sp³-hybridized carbons (Fsp3) is 0.533. The lowest BCUT2D eigenvalue weighted by atomic mass is 9.99. The molecule has 1 N–H and O–H groups in total. The van der Waals surface area contributed by atoms with Crippen LogP contribution < -0.4 is 10.2 Å². The monoisotopic (exact) mass is 246 g/mol. The Balaban J connectivity index is 2.09. The van der Waals surface area contributed by atoms with Gasteiger partial charge in [0, 0.05) is 25.2 Å². The van der Waals surface area contributed by atoms with Crippen molar-refractivity contribution in [1.29, 1.82) is 0 Å². The standard InChI is InChI=1S/C15H22N2O/c1-3-16-9-8-15(18)17-10-4-5-13-11-12(2)6-7-14(13)17/h6-7,11,16H,3-5,8-10H2,1-2H3. The van der Waals surface area contributed by atoms with Gasteiger partial charge in [-0.15, -0.1) is 0 Å². The fourth-order valence-corrected chi connectivity index (χ4v) is 2.49. The van der Waals surface area contributed by atoms with Crippen molar-refractivity contribution in [3.8, 4) is 0 Å². The van der Waals surface area contributed by atoms with Gasteiger partial charge in [-0.1, -0.05) is 24.6 Å². The van der Waals surface area contributed by atoms with Crippen LogP contribution in [-0.2, 0) is 11.2 Å². The van der Waals surface area contributed by atoms with E-state index in [1.807, 2.05) is 4.90 Å². The molecule has 1 aliphatic rings. The van der Waals surface area contributed by atoms with E-state index in [-0.39, 0.29) is 5.91 Å². The van der Waals surface area contributed by atoms with E-state index >= 15 is 0 Å². The number of hydrogen-bond donors (Lipinski definition) is 1. The first-order chi connectivity index (χ1) is 8.72. The number of carbonyl (C=O) groups is 1. The van der Waals surface area contributed by atoms with Gasteiger partial charge in [0.25, 0.3) is 0 Å². The second kappa shape index (κ2) is 6.01. The Hall–Kier alpha value is -1.35. The average Bonchev–Trinajstić information content (AvgIpc) is 2.37. The Morgan fingerprint density at radius 3 is 3.06 bits per heavy atom. The minimum absolute atomic E-state index is 0.237. The highest BCUT2D eigenvalue weighted by Gasteiger charge is 2.21. The molecule has 0 saturated heterocycles. The van der Waals surface area contributed by atoms with E-state index in [0.29, 0.717) is 6.42 Å². The van der Waals surface area contributed by atoms with Crippen LogP contribution in [0.25, 0.3) is 0 Å². The predicted molar refractivity (Wildman–Crippen MR) is 75.0 cm³/mol.